The van der Waals surface area contributed by atoms with Crippen LogP contribution in [0.15, 0.2) is 4.79 Å². The molecule has 0 amide bonds. The molecule has 1 N–H and O–H groups in total. The predicted molar refractivity (Wildman–Crippen MR) is 75.0 cm³/mol. The summed E-state index contributed by atoms with van der Waals surface area (Å²) in [6.07, 6.45) is 0.545. The molecule has 2 aromatic rings. The predicted octanol–water partition coefficient (Wildman–Crippen LogP) is 2.11. The van der Waals surface area contributed by atoms with Crippen LogP contribution in [0.25, 0.3) is 10.2 Å². The molecular formula is C13H16N2O3S. The Labute approximate surface area is 114 Å². The summed E-state index contributed by atoms with van der Waals surface area (Å²) >= 11 is 1.51. The Hall–Kier alpha value is -1.69. The highest BCUT2D eigenvalue weighted by Gasteiger charge is 2.15. The Morgan fingerprint density at radius 2 is 2.11 bits per heavy atom. The maximum Gasteiger partial charge on any atom is 0.305 e. The van der Waals surface area contributed by atoms with Crippen molar-refractivity contribution < 1.29 is 9.90 Å². The number of aryl methyl sites for hydroxylation is 3. The third kappa shape index (κ3) is 2.40. The van der Waals surface area contributed by atoms with Crippen LogP contribution in [0.3, 0.4) is 0 Å². The Balaban J connectivity index is 2.67. The number of aromatic nitrogens is 2. The first-order chi connectivity index (χ1) is 8.95. The summed E-state index contributed by atoms with van der Waals surface area (Å²) in [6, 6.07) is 0. The highest BCUT2D eigenvalue weighted by atomic mass is 32.1. The molecule has 2 aromatic heterocycles. The quantitative estimate of drug-likeness (QED) is 0.931. The van der Waals surface area contributed by atoms with Crippen LogP contribution in [-0.4, -0.2) is 20.6 Å². The molecule has 0 aliphatic heterocycles. The molecule has 2 rings (SSSR count). The summed E-state index contributed by atoms with van der Waals surface area (Å²) in [4.78, 5) is 29.5. The van der Waals surface area contributed by atoms with Gasteiger partial charge in [0.15, 0.2) is 0 Å². The molecular weight excluding hydrogens is 264 g/mol. The van der Waals surface area contributed by atoms with Gasteiger partial charge in [0.05, 0.1) is 11.8 Å². The smallest absolute Gasteiger partial charge is 0.305 e. The lowest BCUT2D eigenvalue weighted by molar-refractivity contribution is -0.137. The number of carboxylic acids is 1. The minimum Gasteiger partial charge on any atom is -0.481 e. The first kappa shape index (κ1) is 13.7. The second-order valence-electron chi connectivity index (χ2n) is 4.45. The molecule has 0 saturated carbocycles. The summed E-state index contributed by atoms with van der Waals surface area (Å²) in [5.74, 6) is -0.257. The Kier molecular flexibility index (Phi) is 3.71. The summed E-state index contributed by atoms with van der Waals surface area (Å²) in [5.41, 5.74) is 0.828. The topological polar surface area (TPSA) is 72.2 Å². The van der Waals surface area contributed by atoms with E-state index in [0.717, 1.165) is 15.3 Å². The fraction of sp³-hybridized carbons (Fsp3) is 0.462. The second kappa shape index (κ2) is 5.13. The first-order valence-corrected chi connectivity index (χ1v) is 6.98. The Morgan fingerprint density at radius 1 is 1.42 bits per heavy atom. The normalized spacial score (nSPS) is 11.1. The van der Waals surface area contributed by atoms with Crippen LogP contribution >= 0.6 is 11.3 Å². The van der Waals surface area contributed by atoms with Gasteiger partial charge in [-0.3, -0.25) is 14.2 Å². The zero-order valence-corrected chi connectivity index (χ0v) is 12.0. The molecule has 0 aliphatic rings. The number of fused-ring (bicyclic) bond motifs is 1. The van der Waals surface area contributed by atoms with Crippen LogP contribution in [0.4, 0.5) is 0 Å². The number of thiophene rings is 1. The van der Waals surface area contributed by atoms with E-state index in [1.165, 1.54) is 15.9 Å². The van der Waals surface area contributed by atoms with E-state index in [1.807, 2.05) is 20.8 Å². The summed E-state index contributed by atoms with van der Waals surface area (Å²) in [5, 5.41) is 9.40. The monoisotopic (exact) mass is 280 g/mol. The fourth-order valence-corrected chi connectivity index (χ4v) is 3.12. The number of carbonyl (C=O) groups is 1. The summed E-state index contributed by atoms with van der Waals surface area (Å²) < 4.78 is 1.50. The van der Waals surface area contributed by atoms with E-state index >= 15 is 0 Å². The third-order valence-electron chi connectivity index (χ3n) is 3.23. The van der Waals surface area contributed by atoms with Crippen molar-refractivity contribution in [3.05, 3.63) is 26.6 Å². The van der Waals surface area contributed by atoms with E-state index in [2.05, 4.69) is 4.98 Å². The van der Waals surface area contributed by atoms with Crippen molar-refractivity contribution in [2.45, 2.75) is 40.2 Å². The highest BCUT2D eigenvalue weighted by Crippen LogP contribution is 2.26. The van der Waals surface area contributed by atoms with Gasteiger partial charge in [0.25, 0.3) is 5.56 Å². The molecule has 0 atom stereocenters. The number of rotatable bonds is 4. The molecule has 0 spiro atoms. The molecule has 0 aliphatic carbocycles. The van der Waals surface area contributed by atoms with Gasteiger partial charge < -0.3 is 5.11 Å². The maximum atomic E-state index is 12.5. The van der Waals surface area contributed by atoms with Gasteiger partial charge in [-0.15, -0.1) is 11.3 Å². The minimum atomic E-state index is -0.910. The summed E-state index contributed by atoms with van der Waals surface area (Å²) in [7, 11) is 0. The fourth-order valence-electron chi connectivity index (χ4n) is 2.08. The minimum absolute atomic E-state index is 0.0672. The molecule has 0 aromatic carbocycles. The number of hydrogen-bond acceptors (Lipinski definition) is 4. The average molecular weight is 280 g/mol. The molecule has 0 bridgehead atoms. The van der Waals surface area contributed by atoms with Crippen molar-refractivity contribution in [2.24, 2.45) is 0 Å². The molecule has 2 heterocycles. The van der Waals surface area contributed by atoms with Gasteiger partial charge >= 0.3 is 5.97 Å². The SMILES string of the molecule is CCc1nc2sc(C)c(C)c2c(=O)n1CCC(=O)O. The molecule has 0 radical (unpaired) electrons. The first-order valence-electron chi connectivity index (χ1n) is 6.16. The average Bonchev–Trinajstić information content (AvgIpc) is 2.63. The van der Waals surface area contributed by atoms with E-state index < -0.39 is 5.97 Å². The molecule has 5 nitrogen and oxygen atoms in total. The second-order valence-corrected chi connectivity index (χ2v) is 5.65. The molecule has 0 unspecified atom stereocenters. The van der Waals surface area contributed by atoms with Crippen molar-refractivity contribution in [1.29, 1.82) is 0 Å². The molecule has 0 fully saturated rings. The van der Waals surface area contributed by atoms with Crippen molar-refractivity contribution in [3.8, 4) is 0 Å². The van der Waals surface area contributed by atoms with E-state index in [4.69, 9.17) is 5.11 Å². The molecule has 19 heavy (non-hydrogen) atoms. The van der Waals surface area contributed by atoms with Crippen molar-refractivity contribution >= 4 is 27.5 Å². The van der Waals surface area contributed by atoms with Crippen LogP contribution in [0.2, 0.25) is 0 Å². The van der Waals surface area contributed by atoms with Crippen molar-refractivity contribution in [2.75, 3.05) is 0 Å². The Morgan fingerprint density at radius 3 is 2.68 bits per heavy atom. The third-order valence-corrected chi connectivity index (χ3v) is 4.33. The number of hydrogen-bond donors (Lipinski definition) is 1. The van der Waals surface area contributed by atoms with Crippen LogP contribution in [0, 0.1) is 13.8 Å². The number of carboxylic acid groups (broad SMARTS) is 1. The maximum absolute atomic E-state index is 12.5. The summed E-state index contributed by atoms with van der Waals surface area (Å²) in [6.45, 7) is 5.96. The van der Waals surface area contributed by atoms with Gasteiger partial charge in [-0.25, -0.2) is 4.98 Å². The lowest BCUT2D eigenvalue weighted by atomic mass is 10.2. The van der Waals surface area contributed by atoms with Crippen molar-refractivity contribution in [1.82, 2.24) is 9.55 Å². The molecule has 6 heteroatoms. The van der Waals surface area contributed by atoms with E-state index in [1.54, 1.807) is 0 Å². The van der Waals surface area contributed by atoms with Gasteiger partial charge in [0.1, 0.15) is 10.7 Å². The lowest BCUT2D eigenvalue weighted by Gasteiger charge is -2.09. The van der Waals surface area contributed by atoms with Gasteiger partial charge in [0, 0.05) is 17.8 Å². The zero-order valence-electron chi connectivity index (χ0n) is 11.2. The van der Waals surface area contributed by atoms with E-state index in [0.29, 0.717) is 17.6 Å². The molecule has 102 valence electrons. The van der Waals surface area contributed by atoms with E-state index in [9.17, 15) is 9.59 Å². The van der Waals surface area contributed by atoms with Gasteiger partial charge in [0.2, 0.25) is 0 Å². The van der Waals surface area contributed by atoms with Gasteiger partial charge in [-0.05, 0) is 19.4 Å². The van der Waals surface area contributed by atoms with Crippen LogP contribution in [-0.2, 0) is 17.8 Å². The molecule has 0 saturated heterocycles. The van der Waals surface area contributed by atoms with Crippen molar-refractivity contribution in [3.63, 3.8) is 0 Å². The van der Waals surface area contributed by atoms with Gasteiger partial charge in [-0.2, -0.15) is 0 Å². The van der Waals surface area contributed by atoms with Gasteiger partial charge in [-0.1, -0.05) is 6.92 Å². The largest absolute Gasteiger partial charge is 0.481 e. The van der Waals surface area contributed by atoms with Crippen LogP contribution in [0.5, 0.6) is 0 Å². The number of aliphatic carboxylic acids is 1. The lowest BCUT2D eigenvalue weighted by Crippen LogP contribution is -2.26. The highest BCUT2D eigenvalue weighted by molar-refractivity contribution is 7.18. The van der Waals surface area contributed by atoms with E-state index in [-0.39, 0.29) is 18.5 Å². The standard InChI is InChI=1S/C13H16N2O3S/c1-4-9-14-12-11(7(2)8(3)19-12)13(18)15(9)6-5-10(16)17/h4-6H2,1-3H3,(H,16,17). The Bertz CT molecular complexity index is 700. The van der Waals surface area contributed by atoms with Crippen LogP contribution < -0.4 is 5.56 Å². The number of nitrogens with zero attached hydrogens (tertiary/aromatic N) is 2. The zero-order chi connectivity index (χ0) is 14.2. The van der Waals surface area contributed by atoms with Crippen LogP contribution in [0.1, 0.15) is 29.6 Å².